The third-order valence-electron chi connectivity index (χ3n) is 3.69. The minimum atomic E-state index is -0.996. The summed E-state index contributed by atoms with van der Waals surface area (Å²) in [4.78, 5) is 14.6. The average molecular weight is 370 g/mol. The van der Waals surface area contributed by atoms with Crippen LogP contribution in [0.5, 0.6) is 5.75 Å². The molecular weight excluding hydrogens is 358 g/mol. The summed E-state index contributed by atoms with van der Waals surface area (Å²) in [6.45, 7) is 0.433. The molecule has 0 saturated carbocycles. The molecule has 1 N–H and O–H groups in total. The van der Waals surface area contributed by atoms with Gasteiger partial charge in [0, 0.05) is 23.6 Å². The van der Waals surface area contributed by atoms with Gasteiger partial charge in [-0.1, -0.05) is 0 Å². The van der Waals surface area contributed by atoms with Crippen molar-refractivity contribution in [3.05, 3.63) is 69.8 Å². The Hall–Kier alpha value is -3.80. The maximum Gasteiger partial charge on any atom is 0.270 e. The molecule has 0 aliphatic rings. The van der Waals surface area contributed by atoms with E-state index in [0.29, 0.717) is 16.7 Å². The number of anilines is 1. The van der Waals surface area contributed by atoms with E-state index in [4.69, 9.17) is 4.74 Å². The number of nitrogens with zero attached hydrogens (tertiary/aromatic N) is 3. The molecule has 7 nitrogen and oxygen atoms in total. The van der Waals surface area contributed by atoms with E-state index in [9.17, 15) is 24.2 Å². The number of nitro groups is 1. The molecule has 0 fully saturated rings. The van der Waals surface area contributed by atoms with E-state index in [1.54, 1.807) is 0 Å². The van der Waals surface area contributed by atoms with Crippen LogP contribution >= 0.6 is 0 Å². The lowest BCUT2D eigenvalue weighted by Gasteiger charge is -2.10. The predicted molar refractivity (Wildman–Crippen MR) is 93.5 cm³/mol. The van der Waals surface area contributed by atoms with Crippen molar-refractivity contribution in [1.29, 1.82) is 5.26 Å². The van der Waals surface area contributed by atoms with Gasteiger partial charge in [0.05, 0.1) is 28.6 Å². The number of rotatable bonds is 6. The molecule has 1 heterocycles. The van der Waals surface area contributed by atoms with Crippen molar-refractivity contribution >= 4 is 22.4 Å². The minimum Gasteiger partial charge on any atom is -0.492 e. The van der Waals surface area contributed by atoms with Crippen LogP contribution in [-0.4, -0.2) is 23.1 Å². The molecule has 0 aliphatic carbocycles. The molecule has 136 valence electrons. The zero-order valence-electron chi connectivity index (χ0n) is 13.8. The highest BCUT2D eigenvalue weighted by Crippen LogP contribution is 2.24. The Balaban J connectivity index is 1.69. The largest absolute Gasteiger partial charge is 0.492 e. The SMILES string of the molecule is N#Cc1cc(NCCOc2ccc(F)c(F)c2)nc2ccc([N+](=O)[O-])cc12. The Bertz CT molecular complexity index is 1070. The van der Waals surface area contributed by atoms with Gasteiger partial charge in [0.15, 0.2) is 11.6 Å². The lowest BCUT2D eigenvalue weighted by molar-refractivity contribution is -0.384. The molecule has 0 unspecified atom stereocenters. The fourth-order valence-corrected chi connectivity index (χ4v) is 2.43. The van der Waals surface area contributed by atoms with Crippen LogP contribution in [0, 0.1) is 33.1 Å². The average Bonchev–Trinajstić information content (AvgIpc) is 2.66. The third kappa shape index (κ3) is 4.07. The molecule has 0 radical (unpaired) electrons. The van der Waals surface area contributed by atoms with E-state index in [2.05, 4.69) is 10.3 Å². The van der Waals surface area contributed by atoms with Gasteiger partial charge in [-0.2, -0.15) is 5.26 Å². The Morgan fingerprint density at radius 1 is 1.19 bits per heavy atom. The Kier molecular flexibility index (Phi) is 5.08. The molecule has 1 aromatic heterocycles. The van der Waals surface area contributed by atoms with E-state index in [1.807, 2.05) is 6.07 Å². The molecule has 0 spiro atoms. The second-order valence-corrected chi connectivity index (χ2v) is 5.48. The van der Waals surface area contributed by atoms with Gasteiger partial charge in [-0.15, -0.1) is 0 Å². The van der Waals surface area contributed by atoms with E-state index in [-0.39, 0.29) is 30.2 Å². The summed E-state index contributed by atoms with van der Waals surface area (Å²) < 4.78 is 31.3. The summed E-state index contributed by atoms with van der Waals surface area (Å²) in [5.74, 6) is -1.37. The lowest BCUT2D eigenvalue weighted by Crippen LogP contribution is -2.12. The normalized spacial score (nSPS) is 10.4. The van der Waals surface area contributed by atoms with E-state index >= 15 is 0 Å². The van der Waals surface area contributed by atoms with E-state index in [0.717, 1.165) is 12.1 Å². The van der Waals surface area contributed by atoms with Crippen molar-refractivity contribution in [1.82, 2.24) is 4.98 Å². The maximum absolute atomic E-state index is 13.1. The second kappa shape index (κ2) is 7.61. The zero-order valence-corrected chi connectivity index (χ0v) is 13.8. The number of ether oxygens (including phenoxy) is 1. The number of nitriles is 1. The van der Waals surface area contributed by atoms with Gasteiger partial charge in [0.1, 0.15) is 18.2 Å². The van der Waals surface area contributed by atoms with Crippen LogP contribution in [0.1, 0.15) is 5.56 Å². The minimum absolute atomic E-state index is 0.124. The second-order valence-electron chi connectivity index (χ2n) is 5.48. The van der Waals surface area contributed by atoms with Gasteiger partial charge >= 0.3 is 0 Å². The smallest absolute Gasteiger partial charge is 0.270 e. The van der Waals surface area contributed by atoms with Crippen molar-refractivity contribution in [2.75, 3.05) is 18.5 Å². The molecule has 0 atom stereocenters. The number of non-ortho nitro benzene ring substituents is 1. The molecule has 0 aliphatic heterocycles. The van der Waals surface area contributed by atoms with Gasteiger partial charge in [0.2, 0.25) is 0 Å². The standard InChI is InChI=1S/C18H12F2N4O3/c19-15-3-2-13(9-16(15)20)27-6-5-22-18-7-11(10-21)14-8-12(24(25)26)1-4-17(14)23-18/h1-4,7-9H,5-6H2,(H,22,23). The first kappa shape index (κ1) is 18.0. The van der Waals surface area contributed by atoms with Crippen molar-refractivity contribution in [2.24, 2.45) is 0 Å². The van der Waals surface area contributed by atoms with Crippen LogP contribution < -0.4 is 10.1 Å². The number of pyridine rings is 1. The van der Waals surface area contributed by atoms with Crippen molar-refractivity contribution in [2.45, 2.75) is 0 Å². The molecule has 0 amide bonds. The number of nitrogens with one attached hydrogen (secondary N) is 1. The molecule has 3 aromatic rings. The number of benzene rings is 2. The van der Waals surface area contributed by atoms with Crippen LogP contribution in [0.25, 0.3) is 10.9 Å². The molecule has 27 heavy (non-hydrogen) atoms. The number of aromatic nitrogens is 1. The summed E-state index contributed by atoms with van der Waals surface area (Å²) in [6.07, 6.45) is 0. The summed E-state index contributed by atoms with van der Waals surface area (Å²) in [5, 5.41) is 23.5. The van der Waals surface area contributed by atoms with Crippen LogP contribution in [0.2, 0.25) is 0 Å². The highest BCUT2D eigenvalue weighted by Gasteiger charge is 2.11. The Morgan fingerprint density at radius 2 is 2.00 bits per heavy atom. The van der Waals surface area contributed by atoms with Crippen molar-refractivity contribution < 1.29 is 18.4 Å². The van der Waals surface area contributed by atoms with Crippen LogP contribution in [0.3, 0.4) is 0 Å². The molecule has 3 rings (SSSR count). The number of nitro benzene ring substituents is 1. The van der Waals surface area contributed by atoms with Crippen molar-refractivity contribution in [3.8, 4) is 11.8 Å². The Morgan fingerprint density at radius 3 is 2.70 bits per heavy atom. The first-order valence-corrected chi connectivity index (χ1v) is 7.79. The van der Waals surface area contributed by atoms with Crippen LogP contribution in [0.15, 0.2) is 42.5 Å². The van der Waals surface area contributed by atoms with Gasteiger partial charge in [-0.25, -0.2) is 13.8 Å². The van der Waals surface area contributed by atoms with Gasteiger partial charge in [-0.05, 0) is 24.3 Å². The van der Waals surface area contributed by atoms with Crippen LogP contribution in [0.4, 0.5) is 20.3 Å². The first-order valence-electron chi connectivity index (χ1n) is 7.79. The molecular formula is C18H12F2N4O3. The number of hydrogen-bond acceptors (Lipinski definition) is 6. The number of fused-ring (bicyclic) bond motifs is 1. The summed E-state index contributed by atoms with van der Waals surface area (Å²) in [6, 6.07) is 10.8. The highest BCUT2D eigenvalue weighted by atomic mass is 19.2. The summed E-state index contributed by atoms with van der Waals surface area (Å²) >= 11 is 0. The van der Waals surface area contributed by atoms with Gasteiger partial charge < -0.3 is 10.1 Å². The fourth-order valence-electron chi connectivity index (χ4n) is 2.43. The third-order valence-corrected chi connectivity index (χ3v) is 3.69. The van der Waals surface area contributed by atoms with Gasteiger partial charge in [-0.3, -0.25) is 10.1 Å². The van der Waals surface area contributed by atoms with E-state index < -0.39 is 16.6 Å². The molecule has 9 heteroatoms. The first-order chi connectivity index (χ1) is 13.0. The summed E-state index contributed by atoms with van der Waals surface area (Å²) in [5.41, 5.74) is 0.554. The number of halogens is 2. The quantitative estimate of drug-likeness (QED) is 0.402. The fraction of sp³-hybridized carbons (Fsp3) is 0.111. The maximum atomic E-state index is 13.1. The topological polar surface area (TPSA) is 101 Å². The molecule has 2 aromatic carbocycles. The van der Waals surface area contributed by atoms with Crippen molar-refractivity contribution in [3.63, 3.8) is 0 Å². The Labute approximate surface area is 152 Å². The van der Waals surface area contributed by atoms with E-state index in [1.165, 1.54) is 30.3 Å². The predicted octanol–water partition coefficient (Wildman–Crippen LogP) is 3.78. The van der Waals surface area contributed by atoms with Gasteiger partial charge in [0.25, 0.3) is 5.69 Å². The lowest BCUT2D eigenvalue weighted by atomic mass is 10.1. The molecule has 0 bridgehead atoms. The summed E-state index contributed by atoms with van der Waals surface area (Å²) in [7, 11) is 0. The highest BCUT2D eigenvalue weighted by molar-refractivity contribution is 5.88. The molecule has 0 saturated heterocycles. The van der Waals surface area contributed by atoms with Crippen LogP contribution in [-0.2, 0) is 0 Å². The number of hydrogen-bond donors (Lipinski definition) is 1. The zero-order chi connectivity index (χ0) is 19.4. The monoisotopic (exact) mass is 370 g/mol.